The number of nitrogens with zero attached hydrogens (tertiary/aromatic N) is 1. The lowest BCUT2D eigenvalue weighted by Crippen LogP contribution is -2.25. The molecule has 1 N–H and O–H groups in total. The van der Waals surface area contributed by atoms with Crippen molar-refractivity contribution in [3.63, 3.8) is 0 Å². The molecule has 0 aromatic heterocycles. The summed E-state index contributed by atoms with van der Waals surface area (Å²) in [6, 6.07) is 17.6. The third-order valence-electron chi connectivity index (χ3n) is 5.17. The number of nitrogens with one attached hydrogen (secondary N) is 1. The van der Waals surface area contributed by atoms with E-state index in [1.165, 1.54) is 22.5 Å². The Kier molecular flexibility index (Phi) is 6.08. The van der Waals surface area contributed by atoms with E-state index in [1.54, 1.807) is 0 Å². The first-order valence-corrected chi connectivity index (χ1v) is 11.8. The quantitative estimate of drug-likeness (QED) is 0.553. The molecule has 0 unspecified atom stereocenters. The normalized spacial score (nSPS) is 15.2. The predicted molar refractivity (Wildman–Crippen MR) is 119 cm³/mol. The number of carbonyl (C=O) groups is 1. The fourth-order valence-corrected chi connectivity index (χ4v) is 5.20. The molecule has 162 valence electrons. The number of benzene rings is 3. The Labute approximate surface area is 180 Å². The zero-order valence-corrected chi connectivity index (χ0v) is 17.7. The third-order valence-corrected chi connectivity index (χ3v) is 7.04. The summed E-state index contributed by atoms with van der Waals surface area (Å²) >= 11 is 0. The summed E-state index contributed by atoms with van der Waals surface area (Å²) in [7, 11) is -3.38. The number of hydrogen-bond donors (Lipinski definition) is 1. The molecule has 4 rings (SSSR count). The fourth-order valence-electron chi connectivity index (χ4n) is 3.64. The molecule has 0 spiro atoms. The summed E-state index contributed by atoms with van der Waals surface area (Å²) in [6.45, 7) is 0.697. The van der Waals surface area contributed by atoms with Gasteiger partial charge in [-0.1, -0.05) is 36.4 Å². The molecular formula is C23H23FN2O4S. The molecule has 31 heavy (non-hydrogen) atoms. The zero-order valence-electron chi connectivity index (χ0n) is 16.9. The molecule has 1 aliphatic rings. The highest BCUT2D eigenvalue weighted by molar-refractivity contribution is 7.93. The number of sulfonamides is 1. The van der Waals surface area contributed by atoms with E-state index in [0.29, 0.717) is 31.7 Å². The minimum absolute atomic E-state index is 0.0282. The number of halogens is 1. The van der Waals surface area contributed by atoms with Crippen molar-refractivity contribution in [1.29, 1.82) is 0 Å². The fraction of sp³-hybridized carbons (Fsp3) is 0.261. The third kappa shape index (κ3) is 4.80. The van der Waals surface area contributed by atoms with Crippen molar-refractivity contribution >= 4 is 38.1 Å². The van der Waals surface area contributed by atoms with Crippen LogP contribution in [0, 0.1) is 5.82 Å². The largest absolute Gasteiger partial charge is 0.493 e. The Morgan fingerprint density at radius 3 is 2.71 bits per heavy atom. The highest BCUT2D eigenvalue weighted by Gasteiger charge is 2.29. The molecule has 3 aromatic rings. The van der Waals surface area contributed by atoms with Crippen molar-refractivity contribution in [1.82, 2.24) is 0 Å². The Morgan fingerprint density at radius 1 is 1.10 bits per heavy atom. The van der Waals surface area contributed by atoms with Gasteiger partial charge in [-0.3, -0.25) is 9.10 Å². The van der Waals surface area contributed by atoms with Crippen LogP contribution in [0.1, 0.15) is 19.3 Å². The second-order valence-electron chi connectivity index (χ2n) is 7.38. The summed E-state index contributed by atoms with van der Waals surface area (Å²) in [4.78, 5) is 12.3. The lowest BCUT2D eigenvalue weighted by Gasteiger charge is -2.18. The Bertz CT molecular complexity index is 1210. The van der Waals surface area contributed by atoms with Crippen LogP contribution in [0.4, 0.5) is 15.8 Å². The summed E-state index contributed by atoms with van der Waals surface area (Å²) in [5.41, 5.74) is 0.327. The highest BCUT2D eigenvalue weighted by atomic mass is 32.2. The maximum absolute atomic E-state index is 14.2. The number of fused-ring (bicyclic) bond motifs is 1. The monoisotopic (exact) mass is 442 g/mol. The number of amides is 1. The first-order valence-electron chi connectivity index (χ1n) is 10.1. The second kappa shape index (κ2) is 8.93. The van der Waals surface area contributed by atoms with Gasteiger partial charge in [0, 0.05) is 18.4 Å². The molecule has 1 aliphatic heterocycles. The highest BCUT2D eigenvalue weighted by Crippen LogP contribution is 2.28. The molecule has 6 nitrogen and oxygen atoms in total. The van der Waals surface area contributed by atoms with Gasteiger partial charge < -0.3 is 10.1 Å². The maximum atomic E-state index is 14.2. The zero-order chi connectivity index (χ0) is 21.8. The van der Waals surface area contributed by atoms with Gasteiger partial charge in [-0.15, -0.1) is 0 Å². The van der Waals surface area contributed by atoms with Crippen molar-refractivity contribution in [3.05, 3.63) is 66.5 Å². The van der Waals surface area contributed by atoms with Gasteiger partial charge in [0.2, 0.25) is 15.9 Å². The molecule has 1 amide bonds. The van der Waals surface area contributed by atoms with Gasteiger partial charge in [-0.05, 0) is 42.5 Å². The molecule has 3 aromatic carbocycles. The summed E-state index contributed by atoms with van der Waals surface area (Å²) < 4.78 is 45.4. The molecule has 0 bridgehead atoms. The van der Waals surface area contributed by atoms with Gasteiger partial charge in [0.15, 0.2) is 0 Å². The lowest BCUT2D eigenvalue weighted by atomic mass is 10.1. The van der Waals surface area contributed by atoms with Gasteiger partial charge in [0.25, 0.3) is 0 Å². The Morgan fingerprint density at radius 2 is 1.90 bits per heavy atom. The van der Waals surface area contributed by atoms with Crippen molar-refractivity contribution in [2.45, 2.75) is 19.3 Å². The van der Waals surface area contributed by atoms with Crippen LogP contribution >= 0.6 is 0 Å². The van der Waals surface area contributed by atoms with Crippen LogP contribution in [0.2, 0.25) is 0 Å². The van der Waals surface area contributed by atoms with E-state index in [0.717, 1.165) is 16.5 Å². The molecule has 0 saturated carbocycles. The Hall–Kier alpha value is -3.13. The van der Waals surface area contributed by atoms with Crippen LogP contribution < -0.4 is 14.4 Å². The topological polar surface area (TPSA) is 75.7 Å². The van der Waals surface area contributed by atoms with E-state index in [1.807, 2.05) is 42.5 Å². The molecule has 0 atom stereocenters. The van der Waals surface area contributed by atoms with Crippen LogP contribution in [-0.4, -0.2) is 33.2 Å². The molecule has 8 heteroatoms. The predicted octanol–water partition coefficient (Wildman–Crippen LogP) is 4.32. The minimum atomic E-state index is -3.38. The number of rotatable bonds is 7. The smallest absolute Gasteiger partial charge is 0.235 e. The number of hydrogen-bond acceptors (Lipinski definition) is 4. The van der Waals surface area contributed by atoms with Gasteiger partial charge in [0.1, 0.15) is 11.6 Å². The van der Waals surface area contributed by atoms with E-state index in [2.05, 4.69) is 5.32 Å². The van der Waals surface area contributed by atoms with Crippen molar-refractivity contribution in [2.75, 3.05) is 28.5 Å². The Balaban J connectivity index is 1.33. The first kappa shape index (κ1) is 21.1. The van der Waals surface area contributed by atoms with E-state index >= 15 is 0 Å². The van der Waals surface area contributed by atoms with Crippen molar-refractivity contribution in [3.8, 4) is 5.75 Å². The molecule has 1 heterocycles. The van der Waals surface area contributed by atoms with Crippen molar-refractivity contribution in [2.24, 2.45) is 0 Å². The van der Waals surface area contributed by atoms with Crippen LogP contribution in [0.5, 0.6) is 5.75 Å². The number of anilines is 2. The second-order valence-corrected chi connectivity index (χ2v) is 9.40. The van der Waals surface area contributed by atoms with E-state index < -0.39 is 15.8 Å². The van der Waals surface area contributed by atoms with E-state index in [4.69, 9.17) is 4.74 Å². The lowest BCUT2D eigenvalue weighted by molar-refractivity contribution is -0.116. The van der Waals surface area contributed by atoms with Crippen LogP contribution in [0.15, 0.2) is 60.7 Å². The summed E-state index contributed by atoms with van der Waals surface area (Å²) in [5.74, 6) is -0.144. The molecule has 1 saturated heterocycles. The van der Waals surface area contributed by atoms with E-state index in [-0.39, 0.29) is 23.8 Å². The molecule has 0 aliphatic carbocycles. The summed E-state index contributed by atoms with van der Waals surface area (Å²) in [5, 5.41) is 4.62. The van der Waals surface area contributed by atoms with Gasteiger partial charge in [0.05, 0.1) is 23.7 Å². The molecule has 0 radical (unpaired) electrons. The average Bonchev–Trinajstić information content (AvgIpc) is 3.12. The van der Waals surface area contributed by atoms with Gasteiger partial charge in [-0.2, -0.15) is 0 Å². The maximum Gasteiger partial charge on any atom is 0.235 e. The first-order chi connectivity index (χ1) is 14.9. The summed E-state index contributed by atoms with van der Waals surface area (Å²) in [6.07, 6.45) is 1.13. The van der Waals surface area contributed by atoms with Crippen LogP contribution in [-0.2, 0) is 14.8 Å². The van der Waals surface area contributed by atoms with Gasteiger partial charge >= 0.3 is 0 Å². The SMILES string of the molecule is O=C(CCCOc1cccc2ccccc12)Nc1cc(N2CCCS2(=O)=O)ccc1F. The van der Waals surface area contributed by atoms with Crippen molar-refractivity contribution < 1.29 is 22.3 Å². The van der Waals surface area contributed by atoms with Gasteiger partial charge in [-0.25, -0.2) is 12.8 Å². The minimum Gasteiger partial charge on any atom is -0.493 e. The molecule has 1 fully saturated rings. The number of ether oxygens (including phenoxy) is 1. The van der Waals surface area contributed by atoms with Crippen LogP contribution in [0.3, 0.4) is 0 Å². The average molecular weight is 443 g/mol. The van der Waals surface area contributed by atoms with Crippen LogP contribution in [0.25, 0.3) is 10.8 Å². The standard InChI is InChI=1S/C23H23FN2O4S/c24-20-12-11-18(26-13-5-15-31(26,28)29)16-21(20)25-23(27)10-4-14-30-22-9-3-7-17-6-1-2-8-19(17)22/h1-3,6-9,11-12,16H,4-5,10,13-15H2,(H,25,27). The van der Waals surface area contributed by atoms with E-state index in [9.17, 15) is 17.6 Å². The molecular weight excluding hydrogens is 419 g/mol. The number of carbonyl (C=O) groups excluding carboxylic acids is 1.